The zero-order valence-corrected chi connectivity index (χ0v) is 22.8. The van der Waals surface area contributed by atoms with Gasteiger partial charge in [-0.25, -0.2) is 0 Å². The molecule has 0 aliphatic heterocycles. The van der Waals surface area contributed by atoms with E-state index >= 15 is 0 Å². The summed E-state index contributed by atoms with van der Waals surface area (Å²) < 4.78 is 17.7. The average Bonchev–Trinajstić information content (AvgIpc) is 2.19. The van der Waals surface area contributed by atoms with Crippen LogP contribution in [0.3, 0.4) is 0 Å². The van der Waals surface area contributed by atoms with Crippen LogP contribution >= 0.6 is 0 Å². The summed E-state index contributed by atoms with van der Waals surface area (Å²) in [5.41, 5.74) is 0. The van der Waals surface area contributed by atoms with Gasteiger partial charge in [0.15, 0.2) is 9.04 Å². The van der Waals surface area contributed by atoms with E-state index in [0.29, 0.717) is 0 Å². The van der Waals surface area contributed by atoms with Crippen molar-refractivity contribution in [3.63, 3.8) is 0 Å². The molecule has 4 nitrogen and oxygen atoms in total. The lowest BCUT2D eigenvalue weighted by atomic mass is 10.4. The Kier molecular flexibility index (Phi) is 13.1. The normalized spacial score (nSPS) is 13.3. The second-order valence-corrected chi connectivity index (χ2v) is 24.7. The lowest BCUT2D eigenvalue weighted by Crippen LogP contribution is -2.54. The van der Waals surface area contributed by atoms with E-state index in [1.807, 2.05) is 26.2 Å². The molecule has 0 unspecified atom stereocenters. The Morgan fingerprint density at radius 2 is 1.30 bits per heavy atom. The van der Waals surface area contributed by atoms with E-state index in [4.69, 9.17) is 12.3 Å². The van der Waals surface area contributed by atoms with Crippen molar-refractivity contribution in [3.05, 3.63) is 0 Å². The summed E-state index contributed by atoms with van der Waals surface area (Å²) in [6.45, 7) is 22.9. The van der Waals surface area contributed by atoms with Crippen LogP contribution in [0.15, 0.2) is 0 Å². The average molecular weight is 415 g/mol. The van der Waals surface area contributed by atoms with Crippen LogP contribution in [0.4, 0.5) is 0 Å². The Hall–Kier alpha value is 0.924. The molecule has 1 N–H and O–H groups in total. The summed E-state index contributed by atoms with van der Waals surface area (Å²) in [6.07, 6.45) is 2.84. The zero-order valence-electron chi connectivity index (χ0n) is 17.4. The van der Waals surface area contributed by atoms with Crippen molar-refractivity contribution < 1.29 is 17.1 Å². The van der Waals surface area contributed by atoms with Crippen LogP contribution in [0.5, 0.6) is 0 Å². The minimum absolute atomic E-state index is 0.188. The quantitative estimate of drug-likeness (QED) is 0.568. The van der Waals surface area contributed by atoms with Gasteiger partial charge in [-0.1, -0.05) is 38.9 Å². The predicted molar refractivity (Wildman–Crippen MR) is 115 cm³/mol. The third kappa shape index (κ3) is 20.9. The van der Waals surface area contributed by atoms with Crippen LogP contribution in [0.1, 0.15) is 19.8 Å². The lowest BCUT2D eigenvalue weighted by Gasteiger charge is -2.36. The van der Waals surface area contributed by atoms with E-state index < -0.39 is 34.7 Å². The monoisotopic (exact) mass is 414 g/mol. The van der Waals surface area contributed by atoms with E-state index in [1.165, 1.54) is 18.9 Å². The minimum Gasteiger partial charge on any atom is -0.440 e. The van der Waals surface area contributed by atoms with Gasteiger partial charge in [0.25, 0.3) is 0 Å². The predicted octanol–water partition coefficient (Wildman–Crippen LogP) is 4.39. The number of hydrogen-bond acceptors (Lipinski definition) is 4. The molecule has 9 heteroatoms. The molecule has 0 aromatic carbocycles. The van der Waals surface area contributed by atoms with Crippen LogP contribution < -0.4 is 0 Å². The Bertz CT molecular complexity index is 304. The molecule has 0 aromatic heterocycles. The molecule has 0 aliphatic rings. The minimum atomic E-state index is -2.52. The zero-order chi connectivity index (χ0) is 18.9. The van der Waals surface area contributed by atoms with Crippen LogP contribution in [0.2, 0.25) is 71.5 Å². The van der Waals surface area contributed by atoms with Gasteiger partial charge in [0.2, 0.25) is 0 Å². The van der Waals surface area contributed by atoms with Crippen molar-refractivity contribution in [3.8, 4) is 0 Å². The third-order valence-corrected chi connectivity index (χ3v) is 16.3. The SMILES string of the molecule is CCCC[SiH](C)C.C[SiH](C)O[Si](C)(C)O[Si](C)(C)O[Si](C)(C)O. The first-order valence-corrected chi connectivity index (χ1v) is 23.3. The summed E-state index contributed by atoms with van der Waals surface area (Å²) in [6, 6.07) is 1.54. The molecule has 0 rings (SSSR count). The van der Waals surface area contributed by atoms with E-state index in [0.717, 1.165) is 0 Å². The standard InChI is InChI=1S/C8H26O4Si4.C6H16Si/c1-13(2)10-15(5,6)12-16(7,8)11-14(3,4)9;1-4-5-6-7(2)3/h9,13H,1-8H3;7H,4-6H2,1-3H3. The largest absolute Gasteiger partial charge is 0.440 e. The van der Waals surface area contributed by atoms with Gasteiger partial charge in [0.1, 0.15) is 0 Å². The first-order valence-electron chi connectivity index (χ1n) is 8.90. The molecule has 142 valence electrons. The summed E-state index contributed by atoms with van der Waals surface area (Å²) in [7, 11) is -8.15. The molecule has 0 aliphatic carbocycles. The van der Waals surface area contributed by atoms with E-state index in [2.05, 4.69) is 33.1 Å². The maximum atomic E-state index is 9.79. The molecule has 0 fully saturated rings. The Morgan fingerprint density at radius 3 is 1.57 bits per heavy atom. The molecule has 23 heavy (non-hydrogen) atoms. The topological polar surface area (TPSA) is 47.9 Å². The van der Waals surface area contributed by atoms with Gasteiger partial charge in [-0.15, -0.1) is 0 Å². The molecule has 0 aromatic rings. The van der Waals surface area contributed by atoms with Crippen molar-refractivity contribution in [2.24, 2.45) is 0 Å². The van der Waals surface area contributed by atoms with Crippen molar-refractivity contribution in [1.82, 2.24) is 0 Å². The summed E-state index contributed by atoms with van der Waals surface area (Å²) in [5, 5.41) is 0. The molecular formula is C14H42O4Si5. The van der Waals surface area contributed by atoms with Crippen molar-refractivity contribution in [2.75, 3.05) is 0 Å². The fraction of sp³-hybridized carbons (Fsp3) is 1.00. The number of unbranched alkanes of at least 4 members (excludes halogenated alkanes) is 1. The first-order chi connectivity index (χ1) is 10.1. The molecule has 0 atom stereocenters. The van der Waals surface area contributed by atoms with Crippen LogP contribution in [0, 0.1) is 0 Å². The maximum absolute atomic E-state index is 9.79. The highest BCUT2D eigenvalue weighted by Gasteiger charge is 2.40. The highest BCUT2D eigenvalue weighted by Crippen LogP contribution is 2.20. The molecule has 0 radical (unpaired) electrons. The number of hydrogen-bond donors (Lipinski definition) is 1. The fourth-order valence-electron chi connectivity index (χ4n) is 2.42. The van der Waals surface area contributed by atoms with E-state index in [-0.39, 0.29) is 8.80 Å². The van der Waals surface area contributed by atoms with Crippen LogP contribution in [-0.4, -0.2) is 48.3 Å². The highest BCUT2D eigenvalue weighted by molar-refractivity contribution is 6.85. The Morgan fingerprint density at radius 1 is 0.826 bits per heavy atom. The Balaban J connectivity index is 0. The molecule has 0 saturated heterocycles. The molecular weight excluding hydrogens is 373 g/mol. The number of rotatable bonds is 9. The Labute approximate surface area is 152 Å². The summed E-state index contributed by atoms with van der Waals surface area (Å²) in [4.78, 5) is 9.79. The molecule has 0 spiro atoms. The summed E-state index contributed by atoms with van der Waals surface area (Å²) in [5.74, 6) is 0. The molecule has 0 saturated carbocycles. The van der Waals surface area contributed by atoms with Crippen LogP contribution in [0.25, 0.3) is 0 Å². The molecule has 0 bridgehead atoms. The van der Waals surface area contributed by atoms with Gasteiger partial charge in [-0.3, -0.25) is 0 Å². The van der Waals surface area contributed by atoms with Gasteiger partial charge in [-0.2, -0.15) is 0 Å². The lowest BCUT2D eigenvalue weighted by molar-refractivity contribution is 0.299. The fourth-order valence-corrected chi connectivity index (χ4v) is 18.9. The van der Waals surface area contributed by atoms with Gasteiger partial charge in [0, 0.05) is 8.80 Å². The van der Waals surface area contributed by atoms with Crippen LogP contribution in [-0.2, 0) is 12.3 Å². The van der Waals surface area contributed by atoms with Crippen molar-refractivity contribution >= 4 is 43.5 Å². The summed E-state index contributed by atoms with van der Waals surface area (Å²) >= 11 is 0. The third-order valence-electron chi connectivity index (χ3n) is 2.64. The maximum Gasteiger partial charge on any atom is 0.320 e. The van der Waals surface area contributed by atoms with Gasteiger partial charge in [-0.05, 0) is 52.4 Å². The second kappa shape index (κ2) is 11.5. The van der Waals surface area contributed by atoms with Crippen molar-refractivity contribution in [2.45, 2.75) is 91.3 Å². The first kappa shape index (κ1) is 26.2. The van der Waals surface area contributed by atoms with Gasteiger partial charge in [0.05, 0.1) is 0 Å². The highest BCUT2D eigenvalue weighted by atomic mass is 28.5. The van der Waals surface area contributed by atoms with Crippen molar-refractivity contribution in [1.29, 1.82) is 0 Å². The van der Waals surface area contributed by atoms with Gasteiger partial charge < -0.3 is 17.1 Å². The van der Waals surface area contributed by atoms with E-state index in [1.54, 1.807) is 13.1 Å². The second-order valence-electron chi connectivity index (χ2n) is 8.15. The molecule has 0 heterocycles. The van der Waals surface area contributed by atoms with Gasteiger partial charge >= 0.3 is 25.7 Å². The molecule has 0 amide bonds. The van der Waals surface area contributed by atoms with E-state index in [9.17, 15) is 4.80 Å². The smallest absolute Gasteiger partial charge is 0.320 e.